The molecule has 1 saturated carbocycles. The largest absolute Gasteiger partial charge is 0.481 e. The van der Waals surface area contributed by atoms with Crippen LogP contribution in [0.4, 0.5) is 8.78 Å². The Hall–Kier alpha value is -1.98. The SMILES string of the molecule is CS(=O)(=O)N[C@@H]1C[C@@](Cc2cccc(-c3ncc(Br)cn3)c2)(C(=O)O)CC1(F)F. The lowest BCUT2D eigenvalue weighted by Gasteiger charge is -2.24. The number of sulfonamides is 1. The van der Waals surface area contributed by atoms with Crippen LogP contribution in [0.1, 0.15) is 18.4 Å². The summed E-state index contributed by atoms with van der Waals surface area (Å²) in [5.41, 5.74) is -0.663. The van der Waals surface area contributed by atoms with Gasteiger partial charge >= 0.3 is 5.97 Å². The summed E-state index contributed by atoms with van der Waals surface area (Å²) in [4.78, 5) is 20.3. The van der Waals surface area contributed by atoms with Crippen molar-refractivity contribution in [3.8, 4) is 11.4 Å². The molecule has 11 heteroatoms. The molecule has 1 aliphatic carbocycles. The van der Waals surface area contributed by atoms with Crippen LogP contribution in [0.5, 0.6) is 0 Å². The second-order valence-electron chi connectivity index (χ2n) is 7.27. The summed E-state index contributed by atoms with van der Waals surface area (Å²) < 4.78 is 54.4. The fourth-order valence-corrected chi connectivity index (χ4v) is 4.60. The van der Waals surface area contributed by atoms with Crippen LogP contribution in [0.3, 0.4) is 0 Å². The third-order valence-corrected chi connectivity index (χ3v) is 5.96. The predicted molar refractivity (Wildman–Crippen MR) is 105 cm³/mol. The molecule has 1 fully saturated rings. The average molecular weight is 490 g/mol. The van der Waals surface area contributed by atoms with Gasteiger partial charge < -0.3 is 5.11 Å². The molecule has 2 atom stereocenters. The first-order valence-corrected chi connectivity index (χ1v) is 11.2. The molecule has 0 saturated heterocycles. The van der Waals surface area contributed by atoms with Crippen molar-refractivity contribution in [3.63, 3.8) is 0 Å². The van der Waals surface area contributed by atoms with Crippen LogP contribution in [-0.2, 0) is 21.2 Å². The van der Waals surface area contributed by atoms with Crippen molar-refractivity contribution in [2.75, 3.05) is 6.26 Å². The molecule has 0 amide bonds. The molecule has 7 nitrogen and oxygen atoms in total. The van der Waals surface area contributed by atoms with Crippen molar-refractivity contribution in [2.24, 2.45) is 5.41 Å². The Kier molecular flexibility index (Phi) is 5.76. The van der Waals surface area contributed by atoms with E-state index >= 15 is 0 Å². The summed E-state index contributed by atoms with van der Waals surface area (Å²) in [5.74, 6) is -4.46. The maximum atomic E-state index is 14.5. The number of aromatic nitrogens is 2. The molecule has 29 heavy (non-hydrogen) atoms. The summed E-state index contributed by atoms with van der Waals surface area (Å²) >= 11 is 3.24. The highest BCUT2D eigenvalue weighted by atomic mass is 79.9. The highest BCUT2D eigenvalue weighted by Gasteiger charge is 2.60. The first kappa shape index (κ1) is 21.7. The Balaban J connectivity index is 1.91. The number of rotatable bonds is 6. The third kappa shape index (κ3) is 4.96. The Morgan fingerprint density at radius 2 is 2.00 bits per heavy atom. The molecule has 1 aromatic heterocycles. The lowest BCUT2D eigenvalue weighted by Crippen LogP contribution is -2.43. The normalized spacial score (nSPS) is 23.8. The lowest BCUT2D eigenvalue weighted by atomic mass is 9.79. The Bertz CT molecular complexity index is 1030. The second kappa shape index (κ2) is 7.69. The number of nitrogens with one attached hydrogen (secondary N) is 1. The quantitative estimate of drug-likeness (QED) is 0.645. The fourth-order valence-electron chi connectivity index (χ4n) is 3.62. The minimum atomic E-state index is -3.92. The maximum absolute atomic E-state index is 14.5. The number of hydrogen-bond acceptors (Lipinski definition) is 5. The molecule has 0 spiro atoms. The predicted octanol–water partition coefficient (Wildman–Crippen LogP) is 2.87. The number of aliphatic carboxylic acids is 1. The van der Waals surface area contributed by atoms with Gasteiger partial charge in [-0.25, -0.2) is 31.9 Å². The molecule has 1 aromatic carbocycles. The molecule has 0 aliphatic heterocycles. The Morgan fingerprint density at radius 3 is 2.59 bits per heavy atom. The van der Waals surface area contributed by atoms with Crippen LogP contribution >= 0.6 is 15.9 Å². The second-order valence-corrected chi connectivity index (χ2v) is 9.97. The van der Waals surface area contributed by atoms with Crippen molar-refractivity contribution in [2.45, 2.75) is 31.2 Å². The van der Waals surface area contributed by atoms with Gasteiger partial charge in [-0.1, -0.05) is 18.2 Å². The molecule has 1 aliphatic rings. The lowest BCUT2D eigenvalue weighted by molar-refractivity contribution is -0.150. The third-order valence-electron chi connectivity index (χ3n) is 4.84. The van der Waals surface area contributed by atoms with E-state index in [0.717, 1.165) is 6.26 Å². The van der Waals surface area contributed by atoms with E-state index in [1.54, 1.807) is 36.7 Å². The number of benzene rings is 1. The highest BCUT2D eigenvalue weighted by Crippen LogP contribution is 2.50. The molecular formula is C18H18BrF2N3O4S. The smallest absolute Gasteiger partial charge is 0.310 e. The fraction of sp³-hybridized carbons (Fsp3) is 0.389. The van der Waals surface area contributed by atoms with Gasteiger partial charge in [0.25, 0.3) is 5.92 Å². The molecule has 0 bridgehead atoms. The van der Waals surface area contributed by atoms with Gasteiger partial charge in [0.1, 0.15) is 0 Å². The summed E-state index contributed by atoms with van der Waals surface area (Å²) in [6, 6.07) is 4.93. The van der Waals surface area contributed by atoms with E-state index in [9.17, 15) is 27.1 Å². The zero-order valence-corrected chi connectivity index (χ0v) is 17.7. The first-order valence-electron chi connectivity index (χ1n) is 8.56. The summed E-state index contributed by atoms with van der Waals surface area (Å²) in [6.45, 7) is 0. The monoisotopic (exact) mass is 489 g/mol. The Labute approximate surface area is 174 Å². The van der Waals surface area contributed by atoms with Crippen LogP contribution in [0.2, 0.25) is 0 Å². The van der Waals surface area contributed by atoms with Crippen LogP contribution in [-0.4, -0.2) is 47.7 Å². The van der Waals surface area contributed by atoms with Crippen molar-refractivity contribution in [1.29, 1.82) is 0 Å². The minimum absolute atomic E-state index is 0.176. The molecule has 156 valence electrons. The number of carboxylic acid groups (broad SMARTS) is 1. The highest BCUT2D eigenvalue weighted by molar-refractivity contribution is 9.10. The molecule has 0 radical (unpaired) electrons. The molecule has 0 unspecified atom stereocenters. The van der Waals surface area contributed by atoms with Crippen LogP contribution in [0, 0.1) is 5.41 Å². The van der Waals surface area contributed by atoms with Crippen LogP contribution < -0.4 is 4.72 Å². The molecular weight excluding hydrogens is 472 g/mol. The van der Waals surface area contributed by atoms with Gasteiger partial charge in [0, 0.05) is 24.4 Å². The van der Waals surface area contributed by atoms with Gasteiger partial charge in [-0.15, -0.1) is 0 Å². The molecule has 1 heterocycles. The number of nitrogens with zero attached hydrogens (tertiary/aromatic N) is 2. The van der Waals surface area contributed by atoms with E-state index < -0.39 is 46.2 Å². The zero-order chi connectivity index (χ0) is 21.4. The van der Waals surface area contributed by atoms with E-state index in [4.69, 9.17) is 0 Å². The summed E-state index contributed by atoms with van der Waals surface area (Å²) in [5, 5.41) is 9.75. The number of hydrogen-bond donors (Lipinski definition) is 2. The number of alkyl halides is 2. The van der Waals surface area contributed by atoms with Crippen LogP contribution in [0.15, 0.2) is 41.1 Å². The molecule has 3 rings (SSSR count). The minimum Gasteiger partial charge on any atom is -0.481 e. The van der Waals surface area contributed by atoms with Crippen LogP contribution in [0.25, 0.3) is 11.4 Å². The topological polar surface area (TPSA) is 109 Å². The van der Waals surface area contributed by atoms with E-state index in [1.807, 2.05) is 4.72 Å². The van der Waals surface area contributed by atoms with E-state index in [1.165, 1.54) is 0 Å². The average Bonchev–Trinajstić information content (AvgIpc) is 2.85. The van der Waals surface area contributed by atoms with Gasteiger partial charge in [0.05, 0.1) is 22.2 Å². The summed E-state index contributed by atoms with van der Waals surface area (Å²) in [6.07, 6.45) is 2.25. The maximum Gasteiger partial charge on any atom is 0.310 e. The van der Waals surface area contributed by atoms with Gasteiger partial charge in [-0.05, 0) is 40.4 Å². The van der Waals surface area contributed by atoms with E-state index in [-0.39, 0.29) is 6.42 Å². The summed E-state index contributed by atoms with van der Waals surface area (Å²) in [7, 11) is -3.92. The number of carboxylic acids is 1. The number of carbonyl (C=O) groups is 1. The van der Waals surface area contributed by atoms with Crippen molar-refractivity contribution < 1.29 is 27.1 Å². The Morgan fingerprint density at radius 1 is 1.34 bits per heavy atom. The zero-order valence-electron chi connectivity index (χ0n) is 15.3. The van der Waals surface area contributed by atoms with Crippen molar-refractivity contribution in [3.05, 3.63) is 46.7 Å². The molecule has 2 aromatic rings. The van der Waals surface area contributed by atoms with E-state index in [2.05, 4.69) is 25.9 Å². The van der Waals surface area contributed by atoms with Gasteiger partial charge in [-0.3, -0.25) is 4.79 Å². The molecule has 2 N–H and O–H groups in total. The van der Waals surface area contributed by atoms with Gasteiger partial charge in [0.2, 0.25) is 10.0 Å². The van der Waals surface area contributed by atoms with Gasteiger partial charge in [-0.2, -0.15) is 0 Å². The van der Waals surface area contributed by atoms with Crippen molar-refractivity contribution >= 4 is 31.9 Å². The standard InChI is InChI=1S/C18H18BrF2N3O4S/c1-29(27,28)24-14-7-17(16(25)26,10-18(14,20)21)6-11-3-2-4-12(5-11)15-22-8-13(19)9-23-15/h2-5,8-9,14,24H,6-7,10H2,1H3,(H,25,26)/t14-,17-/m1/s1. The number of halogens is 3. The van der Waals surface area contributed by atoms with E-state index in [0.29, 0.717) is 21.4 Å². The van der Waals surface area contributed by atoms with Gasteiger partial charge in [0.15, 0.2) is 5.82 Å². The first-order chi connectivity index (χ1) is 13.4. The van der Waals surface area contributed by atoms with Crippen molar-refractivity contribution in [1.82, 2.24) is 14.7 Å².